The molecule has 4 rings (SSSR count). The molecule has 0 amide bonds. The standard InChI is InChI=1S/C19H22N2S/c1-14(18-4-2-3-9-20-18)21-10-7-15-5-6-16(12-19(15)21)17-8-11-22-13-17/h5-8,10-14,18,20H,2-4,9H2,1H3. The fourth-order valence-corrected chi connectivity index (χ4v) is 4.26. The first-order chi connectivity index (χ1) is 10.8. The molecule has 2 aromatic heterocycles. The average molecular weight is 310 g/mol. The number of nitrogens with one attached hydrogen (secondary N) is 1. The first-order valence-electron chi connectivity index (χ1n) is 8.19. The van der Waals surface area contributed by atoms with Gasteiger partial charge in [-0.25, -0.2) is 0 Å². The zero-order valence-electron chi connectivity index (χ0n) is 13.0. The Morgan fingerprint density at radius 2 is 2.14 bits per heavy atom. The summed E-state index contributed by atoms with van der Waals surface area (Å²) < 4.78 is 2.45. The fraction of sp³-hybridized carbons (Fsp3) is 0.368. The summed E-state index contributed by atoms with van der Waals surface area (Å²) in [5.74, 6) is 0. The molecule has 0 saturated carbocycles. The number of nitrogens with zero attached hydrogens (tertiary/aromatic N) is 1. The molecule has 3 heterocycles. The Morgan fingerprint density at radius 1 is 1.18 bits per heavy atom. The van der Waals surface area contributed by atoms with E-state index in [0.29, 0.717) is 12.1 Å². The number of piperidine rings is 1. The van der Waals surface area contributed by atoms with E-state index in [-0.39, 0.29) is 0 Å². The molecule has 1 N–H and O–H groups in total. The number of rotatable bonds is 3. The minimum atomic E-state index is 0.496. The van der Waals surface area contributed by atoms with Crippen LogP contribution >= 0.6 is 11.3 Å². The molecule has 1 fully saturated rings. The second kappa shape index (κ2) is 5.90. The monoisotopic (exact) mass is 310 g/mol. The highest BCUT2D eigenvalue weighted by Crippen LogP contribution is 2.30. The lowest BCUT2D eigenvalue weighted by Gasteiger charge is -2.30. The van der Waals surface area contributed by atoms with E-state index in [1.807, 2.05) is 0 Å². The zero-order valence-corrected chi connectivity index (χ0v) is 13.8. The Kier molecular flexibility index (Phi) is 3.77. The number of hydrogen-bond donors (Lipinski definition) is 1. The van der Waals surface area contributed by atoms with Gasteiger partial charge >= 0.3 is 0 Å². The highest BCUT2D eigenvalue weighted by Gasteiger charge is 2.21. The summed E-state index contributed by atoms with van der Waals surface area (Å²) in [6.07, 6.45) is 6.20. The van der Waals surface area contributed by atoms with Crippen molar-refractivity contribution >= 4 is 22.2 Å². The summed E-state index contributed by atoms with van der Waals surface area (Å²) in [6.45, 7) is 3.51. The molecule has 114 valence electrons. The van der Waals surface area contributed by atoms with Crippen LogP contribution in [0.25, 0.3) is 22.0 Å². The van der Waals surface area contributed by atoms with E-state index >= 15 is 0 Å². The van der Waals surface area contributed by atoms with Crippen molar-refractivity contribution in [3.05, 3.63) is 47.3 Å². The van der Waals surface area contributed by atoms with Crippen LogP contribution in [-0.2, 0) is 0 Å². The normalized spacial score (nSPS) is 20.3. The summed E-state index contributed by atoms with van der Waals surface area (Å²) >= 11 is 1.76. The van der Waals surface area contributed by atoms with E-state index in [2.05, 4.69) is 64.1 Å². The van der Waals surface area contributed by atoms with Gasteiger partial charge in [0.05, 0.1) is 0 Å². The van der Waals surface area contributed by atoms with Crippen LogP contribution in [0, 0.1) is 0 Å². The summed E-state index contributed by atoms with van der Waals surface area (Å²) in [6, 6.07) is 12.4. The van der Waals surface area contributed by atoms with Crippen LogP contribution in [0.4, 0.5) is 0 Å². The van der Waals surface area contributed by atoms with E-state index in [0.717, 1.165) is 6.54 Å². The Morgan fingerprint density at radius 3 is 2.91 bits per heavy atom. The molecule has 0 bridgehead atoms. The Hall–Kier alpha value is -1.58. The largest absolute Gasteiger partial charge is 0.343 e. The zero-order chi connectivity index (χ0) is 14.9. The lowest BCUT2D eigenvalue weighted by Crippen LogP contribution is -2.39. The van der Waals surface area contributed by atoms with Crippen molar-refractivity contribution in [1.82, 2.24) is 9.88 Å². The highest BCUT2D eigenvalue weighted by atomic mass is 32.1. The minimum Gasteiger partial charge on any atom is -0.343 e. The van der Waals surface area contributed by atoms with Crippen LogP contribution in [0.2, 0.25) is 0 Å². The van der Waals surface area contributed by atoms with Gasteiger partial charge in [0.1, 0.15) is 0 Å². The van der Waals surface area contributed by atoms with Crippen molar-refractivity contribution in [3.63, 3.8) is 0 Å². The third-order valence-electron chi connectivity index (χ3n) is 4.95. The number of fused-ring (bicyclic) bond motifs is 1. The van der Waals surface area contributed by atoms with E-state index in [4.69, 9.17) is 0 Å². The van der Waals surface area contributed by atoms with Crippen molar-refractivity contribution in [1.29, 1.82) is 0 Å². The second-order valence-electron chi connectivity index (χ2n) is 6.31. The smallest absolute Gasteiger partial charge is 0.0489 e. The third kappa shape index (κ3) is 2.49. The van der Waals surface area contributed by atoms with Crippen LogP contribution in [0.15, 0.2) is 47.3 Å². The Labute approximate surface area is 135 Å². The molecule has 2 unspecified atom stereocenters. The maximum atomic E-state index is 3.69. The van der Waals surface area contributed by atoms with Crippen LogP contribution in [0.1, 0.15) is 32.2 Å². The average Bonchev–Trinajstić information content (AvgIpc) is 3.24. The van der Waals surface area contributed by atoms with Crippen LogP contribution < -0.4 is 5.32 Å². The van der Waals surface area contributed by atoms with Crippen LogP contribution in [-0.4, -0.2) is 17.2 Å². The molecule has 0 radical (unpaired) electrons. The molecule has 3 aromatic rings. The van der Waals surface area contributed by atoms with Gasteiger partial charge in [-0.2, -0.15) is 11.3 Å². The Bertz CT molecular complexity index is 751. The SMILES string of the molecule is CC(C1CCCCN1)n1ccc2ccc(-c3ccsc3)cc21. The third-order valence-corrected chi connectivity index (χ3v) is 5.63. The second-order valence-corrected chi connectivity index (χ2v) is 7.09. The molecule has 2 nitrogen and oxygen atoms in total. The topological polar surface area (TPSA) is 17.0 Å². The van der Waals surface area contributed by atoms with Gasteiger partial charge in [0.2, 0.25) is 0 Å². The first kappa shape index (κ1) is 14.0. The van der Waals surface area contributed by atoms with E-state index < -0.39 is 0 Å². The molecule has 0 aliphatic carbocycles. The quantitative estimate of drug-likeness (QED) is 0.714. The number of benzene rings is 1. The molecule has 2 atom stereocenters. The maximum Gasteiger partial charge on any atom is 0.0489 e. The van der Waals surface area contributed by atoms with Crippen molar-refractivity contribution in [2.24, 2.45) is 0 Å². The molecule has 22 heavy (non-hydrogen) atoms. The number of hydrogen-bond acceptors (Lipinski definition) is 2. The van der Waals surface area contributed by atoms with Crippen LogP contribution in [0.3, 0.4) is 0 Å². The molecule has 1 aliphatic heterocycles. The van der Waals surface area contributed by atoms with Gasteiger partial charge in [-0.1, -0.05) is 18.6 Å². The molecular formula is C19H22N2S. The fourth-order valence-electron chi connectivity index (χ4n) is 3.60. The van der Waals surface area contributed by atoms with Gasteiger partial charge in [0, 0.05) is 23.8 Å². The van der Waals surface area contributed by atoms with Crippen molar-refractivity contribution in [2.75, 3.05) is 6.54 Å². The van der Waals surface area contributed by atoms with Crippen molar-refractivity contribution < 1.29 is 0 Å². The summed E-state index contributed by atoms with van der Waals surface area (Å²) in [4.78, 5) is 0. The number of thiophene rings is 1. The molecule has 1 aromatic carbocycles. The summed E-state index contributed by atoms with van der Waals surface area (Å²) in [5, 5.41) is 9.40. The van der Waals surface area contributed by atoms with Crippen LogP contribution in [0.5, 0.6) is 0 Å². The predicted octanol–water partition coefficient (Wildman–Crippen LogP) is 5.07. The summed E-state index contributed by atoms with van der Waals surface area (Å²) in [5.41, 5.74) is 3.99. The van der Waals surface area contributed by atoms with E-state index in [1.165, 1.54) is 41.3 Å². The molecule has 1 saturated heterocycles. The van der Waals surface area contributed by atoms with E-state index in [9.17, 15) is 0 Å². The van der Waals surface area contributed by atoms with Gasteiger partial charge in [-0.3, -0.25) is 0 Å². The lowest BCUT2D eigenvalue weighted by atomic mass is 9.98. The van der Waals surface area contributed by atoms with Gasteiger partial charge in [-0.15, -0.1) is 0 Å². The molecule has 0 spiro atoms. The van der Waals surface area contributed by atoms with Gasteiger partial charge in [0.25, 0.3) is 0 Å². The van der Waals surface area contributed by atoms with Gasteiger partial charge in [0.15, 0.2) is 0 Å². The Balaban J connectivity index is 1.72. The molecular weight excluding hydrogens is 288 g/mol. The van der Waals surface area contributed by atoms with E-state index in [1.54, 1.807) is 11.3 Å². The van der Waals surface area contributed by atoms with Crippen molar-refractivity contribution in [3.8, 4) is 11.1 Å². The minimum absolute atomic E-state index is 0.496. The number of aromatic nitrogens is 1. The maximum absolute atomic E-state index is 3.69. The lowest BCUT2D eigenvalue weighted by molar-refractivity contribution is 0.313. The first-order valence-corrected chi connectivity index (χ1v) is 9.14. The summed E-state index contributed by atoms with van der Waals surface area (Å²) in [7, 11) is 0. The molecule has 3 heteroatoms. The van der Waals surface area contributed by atoms with Gasteiger partial charge in [-0.05, 0) is 71.8 Å². The predicted molar refractivity (Wildman–Crippen MR) is 95.6 cm³/mol. The van der Waals surface area contributed by atoms with Gasteiger partial charge < -0.3 is 9.88 Å². The van der Waals surface area contributed by atoms with Crippen molar-refractivity contribution in [2.45, 2.75) is 38.3 Å². The highest BCUT2D eigenvalue weighted by molar-refractivity contribution is 7.08. The molecule has 1 aliphatic rings.